The first-order valence-electron chi connectivity index (χ1n) is 13.3. The molecule has 34 heavy (non-hydrogen) atoms. The first-order valence-corrected chi connectivity index (χ1v) is 13.3. The molecule has 6 heteroatoms. The van der Waals surface area contributed by atoms with Gasteiger partial charge in [0, 0.05) is 24.9 Å². The van der Waals surface area contributed by atoms with Crippen molar-refractivity contribution in [3.8, 4) is 5.75 Å². The van der Waals surface area contributed by atoms with E-state index in [2.05, 4.69) is 13.8 Å². The minimum Gasteiger partial charge on any atom is -0.488 e. The number of likely N-dealkylation sites (tertiary alicyclic amines) is 1. The third-order valence-electron chi connectivity index (χ3n) is 9.46. The van der Waals surface area contributed by atoms with E-state index in [1.54, 1.807) is 0 Å². The minimum absolute atomic E-state index is 0.00223. The van der Waals surface area contributed by atoms with Crippen molar-refractivity contribution in [1.82, 2.24) is 4.90 Å². The van der Waals surface area contributed by atoms with E-state index in [-0.39, 0.29) is 35.0 Å². The Morgan fingerprint density at radius 1 is 1.09 bits per heavy atom. The molecule has 2 heterocycles. The Labute approximate surface area is 203 Å². The predicted octanol–water partition coefficient (Wildman–Crippen LogP) is 4.40. The van der Waals surface area contributed by atoms with Crippen LogP contribution in [-0.2, 0) is 14.3 Å². The molecule has 2 aliphatic heterocycles. The van der Waals surface area contributed by atoms with E-state index in [0.717, 1.165) is 57.4 Å². The number of para-hydroxylation sites is 1. The van der Waals surface area contributed by atoms with Gasteiger partial charge in [0.05, 0.1) is 18.8 Å². The van der Waals surface area contributed by atoms with Gasteiger partial charge in [-0.15, -0.1) is 0 Å². The van der Waals surface area contributed by atoms with E-state index in [0.29, 0.717) is 25.6 Å². The number of hydrogen-bond donors (Lipinski definition) is 1. The summed E-state index contributed by atoms with van der Waals surface area (Å²) in [6.07, 6.45) is 6.81. The molecule has 1 N–H and O–H groups in total. The lowest BCUT2D eigenvalue weighted by Gasteiger charge is -2.63. The van der Waals surface area contributed by atoms with Crippen LogP contribution < -0.4 is 4.74 Å². The van der Waals surface area contributed by atoms with Gasteiger partial charge in [0.25, 0.3) is 0 Å². The maximum atomic E-state index is 13.2. The molecular formula is C28H41NO5. The van der Waals surface area contributed by atoms with E-state index in [9.17, 15) is 9.90 Å². The number of rotatable bonds is 5. The fraction of sp³-hybridized carbons (Fsp3) is 0.750. The molecule has 0 unspecified atom stereocenters. The first-order chi connectivity index (χ1) is 16.4. The summed E-state index contributed by atoms with van der Waals surface area (Å²) in [7, 11) is 0. The molecule has 1 aromatic carbocycles. The topological polar surface area (TPSA) is 68.2 Å². The highest BCUT2D eigenvalue weighted by molar-refractivity contribution is 5.76. The van der Waals surface area contributed by atoms with Gasteiger partial charge < -0.3 is 24.2 Å². The van der Waals surface area contributed by atoms with Gasteiger partial charge in [-0.2, -0.15) is 0 Å². The highest BCUT2D eigenvalue weighted by Crippen LogP contribution is 2.62. The van der Waals surface area contributed by atoms with Gasteiger partial charge in [0.2, 0.25) is 5.91 Å². The summed E-state index contributed by atoms with van der Waals surface area (Å²) < 4.78 is 18.6. The molecule has 6 nitrogen and oxygen atoms in total. The van der Waals surface area contributed by atoms with Crippen LogP contribution in [-0.4, -0.2) is 60.7 Å². The van der Waals surface area contributed by atoms with Crippen LogP contribution in [0.25, 0.3) is 0 Å². The highest BCUT2D eigenvalue weighted by Gasteiger charge is 2.61. The molecule has 188 valence electrons. The van der Waals surface area contributed by atoms with E-state index in [4.69, 9.17) is 14.2 Å². The number of fused-ring (bicyclic) bond motifs is 3. The summed E-state index contributed by atoms with van der Waals surface area (Å²) in [4.78, 5) is 15.2. The second-order valence-electron chi connectivity index (χ2n) is 11.5. The average Bonchev–Trinajstić information content (AvgIpc) is 2.86. The van der Waals surface area contributed by atoms with Crippen molar-refractivity contribution < 1.29 is 24.1 Å². The van der Waals surface area contributed by atoms with Crippen molar-refractivity contribution in [2.45, 2.75) is 83.7 Å². The number of carbonyl (C=O) groups excluding carboxylic acids is 1. The third kappa shape index (κ3) is 4.49. The van der Waals surface area contributed by atoms with Crippen LogP contribution in [0.5, 0.6) is 5.75 Å². The fourth-order valence-electron chi connectivity index (χ4n) is 7.52. The van der Waals surface area contributed by atoms with Gasteiger partial charge in [-0.25, -0.2) is 0 Å². The molecule has 2 saturated carbocycles. The molecule has 5 rings (SSSR count). The highest BCUT2D eigenvalue weighted by atomic mass is 16.7. The van der Waals surface area contributed by atoms with Crippen molar-refractivity contribution in [1.29, 1.82) is 0 Å². The van der Waals surface area contributed by atoms with Crippen LogP contribution in [0.15, 0.2) is 30.3 Å². The zero-order valence-electron chi connectivity index (χ0n) is 20.8. The molecule has 2 saturated heterocycles. The van der Waals surface area contributed by atoms with Crippen molar-refractivity contribution in [3.05, 3.63) is 30.3 Å². The Hall–Kier alpha value is -1.63. The quantitative estimate of drug-likeness (QED) is 0.689. The molecule has 7 atom stereocenters. The van der Waals surface area contributed by atoms with Crippen molar-refractivity contribution in [3.63, 3.8) is 0 Å². The van der Waals surface area contributed by atoms with Gasteiger partial charge in [-0.1, -0.05) is 32.0 Å². The summed E-state index contributed by atoms with van der Waals surface area (Å²) >= 11 is 0. The Balaban J connectivity index is 1.26. The number of aliphatic hydroxyl groups excluding tert-OH is 1. The van der Waals surface area contributed by atoms with Crippen molar-refractivity contribution in [2.24, 2.45) is 22.7 Å². The molecule has 4 fully saturated rings. The second-order valence-corrected chi connectivity index (χ2v) is 11.5. The van der Waals surface area contributed by atoms with Gasteiger partial charge in [-0.3, -0.25) is 4.79 Å². The van der Waals surface area contributed by atoms with E-state index >= 15 is 0 Å². The number of aliphatic hydroxyl groups is 1. The Morgan fingerprint density at radius 3 is 2.62 bits per heavy atom. The zero-order chi connectivity index (χ0) is 23.8. The molecule has 0 spiro atoms. The smallest absolute Gasteiger partial charge is 0.222 e. The number of piperidine rings is 1. The number of amides is 1. The van der Waals surface area contributed by atoms with Crippen molar-refractivity contribution >= 4 is 5.91 Å². The first kappa shape index (κ1) is 24.1. The monoisotopic (exact) mass is 471 g/mol. The zero-order valence-corrected chi connectivity index (χ0v) is 20.8. The number of ether oxygens (including phenoxy) is 3. The lowest BCUT2D eigenvalue weighted by Crippen LogP contribution is -2.63. The summed E-state index contributed by atoms with van der Waals surface area (Å²) in [5, 5.41) is 11.1. The van der Waals surface area contributed by atoms with Gasteiger partial charge in [-0.05, 0) is 74.3 Å². The van der Waals surface area contributed by atoms with Crippen LogP contribution in [0.2, 0.25) is 0 Å². The largest absolute Gasteiger partial charge is 0.488 e. The van der Waals surface area contributed by atoms with Crippen LogP contribution in [0, 0.1) is 22.7 Å². The maximum Gasteiger partial charge on any atom is 0.222 e. The van der Waals surface area contributed by atoms with E-state index in [1.807, 2.05) is 35.2 Å². The van der Waals surface area contributed by atoms with Gasteiger partial charge in [0.15, 0.2) is 6.29 Å². The summed E-state index contributed by atoms with van der Waals surface area (Å²) in [6, 6.07) is 9.77. The summed E-state index contributed by atoms with van der Waals surface area (Å²) in [5.74, 6) is 1.41. The van der Waals surface area contributed by atoms with Crippen LogP contribution >= 0.6 is 0 Å². The standard InChI is InChI=1S/C28H41NO5/c1-27-14-13-24-28(2,19-33-26(34-24)18-32-20-9-5-3-6-10-20)23(27)12-11-22(30)21(27)17-25(31)29-15-7-4-8-16-29/h3,5-6,9-10,21-24,26,30H,4,7-8,11-19H2,1-2H3/t21-,22-,23+,24-,26-,27+,28+/m1/s1. The van der Waals surface area contributed by atoms with E-state index in [1.165, 1.54) is 6.42 Å². The minimum atomic E-state index is -0.410. The lowest BCUT2D eigenvalue weighted by atomic mass is 9.46. The molecular weight excluding hydrogens is 430 g/mol. The SMILES string of the molecule is C[C@@]12CO[C@@H](COc3ccccc3)O[C@@H]1CC[C@]1(C)[C@@H]2CC[C@@H](O)[C@H]1CC(=O)N1CCCCC1. The summed E-state index contributed by atoms with van der Waals surface area (Å²) in [5.41, 5.74) is -0.211. The number of nitrogens with zero attached hydrogens (tertiary/aromatic N) is 1. The predicted molar refractivity (Wildman–Crippen MR) is 129 cm³/mol. The maximum absolute atomic E-state index is 13.2. The molecule has 0 bridgehead atoms. The van der Waals surface area contributed by atoms with E-state index < -0.39 is 6.10 Å². The van der Waals surface area contributed by atoms with Crippen LogP contribution in [0.3, 0.4) is 0 Å². The van der Waals surface area contributed by atoms with Gasteiger partial charge in [0.1, 0.15) is 12.4 Å². The molecule has 1 amide bonds. The third-order valence-corrected chi connectivity index (χ3v) is 9.46. The Kier molecular flexibility index (Phi) is 6.93. The summed E-state index contributed by atoms with van der Waals surface area (Å²) in [6.45, 7) is 7.37. The fourth-order valence-corrected chi connectivity index (χ4v) is 7.52. The molecule has 1 aromatic rings. The molecule has 0 radical (unpaired) electrons. The second kappa shape index (κ2) is 9.79. The molecule has 0 aromatic heterocycles. The number of carbonyl (C=O) groups is 1. The molecule has 2 aliphatic carbocycles. The normalized spacial score (nSPS) is 40.2. The Bertz CT molecular complexity index is 842. The number of benzene rings is 1. The van der Waals surface area contributed by atoms with Crippen molar-refractivity contribution in [2.75, 3.05) is 26.3 Å². The number of hydrogen-bond acceptors (Lipinski definition) is 5. The lowest BCUT2D eigenvalue weighted by molar-refractivity contribution is -0.313. The van der Waals surface area contributed by atoms with Crippen LogP contribution in [0.4, 0.5) is 0 Å². The Morgan fingerprint density at radius 2 is 1.85 bits per heavy atom. The van der Waals surface area contributed by atoms with Crippen LogP contribution in [0.1, 0.15) is 65.2 Å². The average molecular weight is 472 g/mol. The van der Waals surface area contributed by atoms with Gasteiger partial charge >= 0.3 is 0 Å². The molecule has 4 aliphatic rings.